The Kier molecular flexibility index (Phi) is 4.59. The van der Waals surface area contributed by atoms with Crippen molar-refractivity contribution in [2.24, 2.45) is 11.8 Å². The minimum Gasteiger partial charge on any atom is -0.445 e. The highest BCUT2D eigenvalue weighted by atomic mass is 32.2. The molecule has 1 heterocycles. The topological polar surface area (TPSA) is 72.9 Å². The summed E-state index contributed by atoms with van der Waals surface area (Å²) in [6, 6.07) is 9.57. The van der Waals surface area contributed by atoms with Crippen LogP contribution in [0, 0.1) is 11.8 Å². The Morgan fingerprint density at radius 3 is 2.35 bits per heavy atom. The Hall–Kier alpha value is -1.60. The molecule has 1 saturated heterocycles. The Bertz CT molecular complexity index is 646. The van der Waals surface area contributed by atoms with Gasteiger partial charge < -0.3 is 9.64 Å². The predicted molar refractivity (Wildman–Crippen MR) is 84.1 cm³/mol. The molecule has 1 saturated carbocycles. The SMILES string of the molecule is CS(=O)(=O)OC1C[C@@H]2CN(C(=O)OCc3ccccc3)C[C@H]2C1. The number of nitrogens with zero attached hydrogens (tertiary/aromatic N) is 1. The first-order valence-electron chi connectivity index (χ1n) is 7.74. The molecule has 1 aromatic carbocycles. The fourth-order valence-corrected chi connectivity index (χ4v) is 4.18. The number of carbonyl (C=O) groups is 1. The van der Waals surface area contributed by atoms with Crippen molar-refractivity contribution in [1.82, 2.24) is 4.90 Å². The summed E-state index contributed by atoms with van der Waals surface area (Å²) in [7, 11) is -3.41. The van der Waals surface area contributed by atoms with E-state index in [1.54, 1.807) is 4.90 Å². The zero-order chi connectivity index (χ0) is 16.4. The monoisotopic (exact) mass is 339 g/mol. The van der Waals surface area contributed by atoms with Crippen LogP contribution in [0.15, 0.2) is 30.3 Å². The molecule has 0 spiro atoms. The zero-order valence-electron chi connectivity index (χ0n) is 13.1. The Morgan fingerprint density at radius 1 is 1.17 bits per heavy atom. The minimum absolute atomic E-state index is 0.248. The van der Waals surface area contributed by atoms with Crippen LogP contribution in [0.4, 0.5) is 4.79 Å². The van der Waals surface area contributed by atoms with E-state index < -0.39 is 10.1 Å². The van der Waals surface area contributed by atoms with Crippen LogP contribution in [-0.2, 0) is 25.6 Å². The second-order valence-electron chi connectivity index (χ2n) is 6.36. The number of fused-ring (bicyclic) bond motifs is 1. The Labute approximate surface area is 136 Å². The largest absolute Gasteiger partial charge is 0.445 e. The van der Waals surface area contributed by atoms with E-state index in [0.717, 1.165) is 11.8 Å². The zero-order valence-corrected chi connectivity index (χ0v) is 13.9. The van der Waals surface area contributed by atoms with Crippen molar-refractivity contribution in [2.45, 2.75) is 25.6 Å². The minimum atomic E-state index is -3.41. The summed E-state index contributed by atoms with van der Waals surface area (Å²) in [5.74, 6) is 0.594. The number of rotatable bonds is 4. The standard InChI is InChI=1S/C16H21NO5S/c1-23(19,20)22-15-7-13-9-17(10-14(13)8-15)16(18)21-11-12-5-3-2-4-6-12/h2-6,13-15H,7-11H2,1H3/t13-,14-/m1/s1. The molecule has 0 bridgehead atoms. The van der Waals surface area contributed by atoms with Crippen molar-refractivity contribution in [1.29, 1.82) is 0 Å². The molecule has 1 aliphatic carbocycles. The number of carbonyl (C=O) groups excluding carboxylic acids is 1. The fraction of sp³-hybridized carbons (Fsp3) is 0.562. The van der Waals surface area contributed by atoms with E-state index in [1.165, 1.54) is 0 Å². The van der Waals surface area contributed by atoms with E-state index >= 15 is 0 Å². The third-order valence-corrected chi connectivity index (χ3v) is 5.10. The molecule has 2 fully saturated rings. The number of hydrogen-bond acceptors (Lipinski definition) is 5. The van der Waals surface area contributed by atoms with E-state index in [4.69, 9.17) is 8.92 Å². The van der Waals surface area contributed by atoms with Crippen molar-refractivity contribution >= 4 is 16.2 Å². The van der Waals surface area contributed by atoms with Gasteiger partial charge in [-0.3, -0.25) is 4.18 Å². The Balaban J connectivity index is 1.47. The molecule has 6 nitrogen and oxygen atoms in total. The van der Waals surface area contributed by atoms with E-state index in [2.05, 4.69) is 0 Å². The van der Waals surface area contributed by atoms with Gasteiger partial charge in [0.1, 0.15) is 6.61 Å². The molecule has 2 aliphatic rings. The molecule has 126 valence electrons. The predicted octanol–water partition coefficient (Wildman–Crippen LogP) is 2.01. The van der Waals surface area contributed by atoms with Crippen LogP contribution in [0.2, 0.25) is 0 Å². The third kappa shape index (κ3) is 4.23. The lowest BCUT2D eigenvalue weighted by Crippen LogP contribution is -2.31. The highest BCUT2D eigenvalue weighted by Gasteiger charge is 2.44. The van der Waals surface area contributed by atoms with Gasteiger partial charge in [-0.25, -0.2) is 4.79 Å². The van der Waals surface area contributed by atoms with Crippen LogP contribution < -0.4 is 0 Å². The normalized spacial score (nSPS) is 24.7. The lowest BCUT2D eigenvalue weighted by atomic mass is 10.0. The van der Waals surface area contributed by atoms with Gasteiger partial charge in [0.2, 0.25) is 0 Å². The molecule has 0 radical (unpaired) electrons. The van der Waals surface area contributed by atoms with Crippen LogP contribution in [0.5, 0.6) is 0 Å². The van der Waals surface area contributed by atoms with Crippen molar-refractivity contribution in [3.8, 4) is 0 Å². The average Bonchev–Trinajstić information content (AvgIpc) is 3.02. The van der Waals surface area contributed by atoms with Gasteiger partial charge in [-0.1, -0.05) is 30.3 Å². The van der Waals surface area contributed by atoms with Crippen molar-refractivity contribution in [2.75, 3.05) is 19.3 Å². The maximum absolute atomic E-state index is 12.1. The molecule has 1 aromatic rings. The molecule has 0 N–H and O–H groups in total. The molecule has 1 amide bonds. The number of hydrogen-bond donors (Lipinski definition) is 0. The maximum atomic E-state index is 12.1. The summed E-state index contributed by atoms with van der Waals surface area (Å²) in [6.45, 7) is 1.50. The fourth-order valence-electron chi connectivity index (χ4n) is 3.53. The van der Waals surface area contributed by atoms with Gasteiger partial charge in [0.05, 0.1) is 12.4 Å². The van der Waals surface area contributed by atoms with Gasteiger partial charge in [0.15, 0.2) is 0 Å². The number of likely N-dealkylation sites (tertiary alicyclic amines) is 1. The lowest BCUT2D eigenvalue weighted by Gasteiger charge is -2.18. The van der Waals surface area contributed by atoms with Gasteiger partial charge in [-0.15, -0.1) is 0 Å². The van der Waals surface area contributed by atoms with Crippen LogP contribution >= 0.6 is 0 Å². The number of benzene rings is 1. The summed E-state index contributed by atoms with van der Waals surface area (Å²) < 4.78 is 32.8. The van der Waals surface area contributed by atoms with Crippen molar-refractivity contribution in [3.63, 3.8) is 0 Å². The third-order valence-electron chi connectivity index (χ3n) is 4.48. The summed E-state index contributed by atoms with van der Waals surface area (Å²) in [6.07, 6.45) is 1.89. The van der Waals surface area contributed by atoms with Crippen LogP contribution in [0.1, 0.15) is 18.4 Å². The van der Waals surface area contributed by atoms with Gasteiger partial charge in [0, 0.05) is 13.1 Å². The summed E-state index contributed by atoms with van der Waals surface area (Å²) in [5.41, 5.74) is 0.960. The molecule has 7 heteroatoms. The summed E-state index contributed by atoms with van der Waals surface area (Å²) in [4.78, 5) is 13.9. The van der Waals surface area contributed by atoms with Crippen molar-refractivity contribution < 1.29 is 22.1 Å². The van der Waals surface area contributed by atoms with E-state index in [9.17, 15) is 13.2 Å². The molecular formula is C16H21NO5S. The molecular weight excluding hydrogens is 318 g/mol. The molecule has 23 heavy (non-hydrogen) atoms. The Morgan fingerprint density at radius 2 is 1.78 bits per heavy atom. The molecule has 2 atom stereocenters. The number of amides is 1. The quantitative estimate of drug-likeness (QED) is 0.785. The second-order valence-corrected chi connectivity index (χ2v) is 7.96. The molecule has 0 unspecified atom stereocenters. The van der Waals surface area contributed by atoms with E-state index in [-0.39, 0.29) is 18.8 Å². The van der Waals surface area contributed by atoms with Gasteiger partial charge in [-0.2, -0.15) is 8.42 Å². The highest BCUT2D eigenvalue weighted by Crippen LogP contribution is 2.40. The average molecular weight is 339 g/mol. The first-order chi connectivity index (χ1) is 10.9. The second kappa shape index (κ2) is 6.49. The lowest BCUT2D eigenvalue weighted by molar-refractivity contribution is 0.0988. The molecule has 3 rings (SSSR count). The van der Waals surface area contributed by atoms with Crippen LogP contribution in [0.25, 0.3) is 0 Å². The van der Waals surface area contributed by atoms with Crippen LogP contribution in [-0.4, -0.2) is 44.9 Å². The first-order valence-corrected chi connectivity index (χ1v) is 9.56. The maximum Gasteiger partial charge on any atom is 0.410 e. The molecule has 1 aliphatic heterocycles. The van der Waals surface area contributed by atoms with Gasteiger partial charge in [0.25, 0.3) is 10.1 Å². The first kappa shape index (κ1) is 16.3. The number of ether oxygens (including phenoxy) is 1. The summed E-state index contributed by atoms with van der Waals surface area (Å²) in [5, 5.41) is 0. The van der Waals surface area contributed by atoms with E-state index in [1.807, 2.05) is 30.3 Å². The summed E-state index contributed by atoms with van der Waals surface area (Å²) >= 11 is 0. The smallest absolute Gasteiger partial charge is 0.410 e. The van der Waals surface area contributed by atoms with Gasteiger partial charge in [-0.05, 0) is 30.2 Å². The molecule has 0 aromatic heterocycles. The highest BCUT2D eigenvalue weighted by molar-refractivity contribution is 7.86. The van der Waals surface area contributed by atoms with Crippen molar-refractivity contribution in [3.05, 3.63) is 35.9 Å². The van der Waals surface area contributed by atoms with E-state index in [0.29, 0.717) is 37.8 Å². The van der Waals surface area contributed by atoms with Crippen LogP contribution in [0.3, 0.4) is 0 Å². The van der Waals surface area contributed by atoms with Gasteiger partial charge >= 0.3 is 6.09 Å².